The molecule has 6 nitrogen and oxygen atoms in total. The van der Waals surface area contributed by atoms with Gasteiger partial charge in [-0.3, -0.25) is 9.78 Å². The lowest BCUT2D eigenvalue weighted by atomic mass is 9.78. The highest BCUT2D eigenvalue weighted by Crippen LogP contribution is 2.35. The van der Waals surface area contributed by atoms with Crippen LogP contribution >= 0.6 is 0 Å². The van der Waals surface area contributed by atoms with Crippen molar-refractivity contribution in [2.45, 2.75) is 50.6 Å². The van der Waals surface area contributed by atoms with E-state index in [-0.39, 0.29) is 18.0 Å². The minimum absolute atomic E-state index is 0.0254. The Balaban J connectivity index is 1.58. The van der Waals surface area contributed by atoms with E-state index in [0.717, 1.165) is 48.0 Å². The van der Waals surface area contributed by atoms with E-state index in [9.17, 15) is 9.59 Å². The smallest absolute Gasteiger partial charge is 0.319 e. The lowest BCUT2D eigenvalue weighted by Crippen LogP contribution is -2.58. The normalized spacial score (nSPS) is 25.3. The monoisotopic (exact) mass is 338 g/mol. The van der Waals surface area contributed by atoms with Crippen LogP contribution in [0.2, 0.25) is 0 Å². The van der Waals surface area contributed by atoms with Crippen molar-refractivity contribution in [3.05, 3.63) is 36.0 Å². The first-order chi connectivity index (χ1) is 12.1. The predicted octanol–water partition coefficient (Wildman–Crippen LogP) is 2.87. The highest BCUT2D eigenvalue weighted by molar-refractivity contribution is 6.01. The van der Waals surface area contributed by atoms with Crippen LogP contribution in [0, 0.1) is 6.92 Å². The first-order valence-electron chi connectivity index (χ1n) is 8.81. The van der Waals surface area contributed by atoms with Gasteiger partial charge < -0.3 is 16.0 Å². The Kier molecular flexibility index (Phi) is 3.82. The molecule has 130 valence electrons. The fourth-order valence-corrected chi connectivity index (χ4v) is 4.18. The Morgan fingerprint density at radius 1 is 1.32 bits per heavy atom. The summed E-state index contributed by atoms with van der Waals surface area (Å²) in [5.41, 5.74) is 1.98. The maximum Gasteiger partial charge on any atom is 0.319 e. The quantitative estimate of drug-likeness (QED) is 0.787. The van der Waals surface area contributed by atoms with Gasteiger partial charge in [0.05, 0.1) is 29.2 Å². The first kappa shape index (κ1) is 15.9. The van der Waals surface area contributed by atoms with Crippen molar-refractivity contribution in [3.8, 4) is 0 Å². The second-order valence-corrected chi connectivity index (χ2v) is 7.11. The zero-order valence-electron chi connectivity index (χ0n) is 14.3. The molecule has 3 N–H and O–H groups in total. The second kappa shape index (κ2) is 6.02. The summed E-state index contributed by atoms with van der Waals surface area (Å²) in [7, 11) is 0. The number of amides is 3. The molecular formula is C19H22N4O2. The fraction of sp³-hybridized carbons (Fsp3) is 0.421. The van der Waals surface area contributed by atoms with Crippen LogP contribution in [0.5, 0.6) is 0 Å². The molecule has 1 aromatic carbocycles. The molecule has 2 heterocycles. The van der Waals surface area contributed by atoms with E-state index in [1.165, 1.54) is 0 Å². The minimum Gasteiger partial charge on any atom is -0.351 e. The largest absolute Gasteiger partial charge is 0.351 e. The van der Waals surface area contributed by atoms with Crippen molar-refractivity contribution in [3.63, 3.8) is 0 Å². The summed E-state index contributed by atoms with van der Waals surface area (Å²) in [6, 6.07) is 9.38. The average Bonchev–Trinajstić information content (AvgIpc) is 2.89. The van der Waals surface area contributed by atoms with Crippen molar-refractivity contribution in [1.82, 2.24) is 15.6 Å². The molecule has 1 aliphatic carbocycles. The number of aromatic nitrogens is 1. The molecule has 2 atom stereocenters. The molecule has 0 radical (unpaired) electrons. The van der Waals surface area contributed by atoms with Crippen molar-refractivity contribution in [2.75, 3.05) is 5.32 Å². The zero-order valence-corrected chi connectivity index (χ0v) is 14.3. The van der Waals surface area contributed by atoms with Gasteiger partial charge in [0.2, 0.25) is 5.91 Å². The van der Waals surface area contributed by atoms with Gasteiger partial charge in [-0.1, -0.05) is 31.0 Å². The third-order valence-electron chi connectivity index (χ3n) is 5.30. The lowest BCUT2D eigenvalue weighted by Gasteiger charge is -2.38. The number of nitrogens with one attached hydrogen (secondary N) is 3. The van der Waals surface area contributed by atoms with E-state index in [2.05, 4.69) is 20.9 Å². The number of aryl methyl sites for hydroxylation is 1. The number of rotatable bonds is 2. The average molecular weight is 338 g/mol. The number of nitrogens with zero attached hydrogens (tertiary/aromatic N) is 1. The van der Waals surface area contributed by atoms with Gasteiger partial charge in [-0.15, -0.1) is 0 Å². The maximum absolute atomic E-state index is 12.7. The first-order valence-corrected chi connectivity index (χ1v) is 8.81. The molecule has 2 aromatic rings. The number of carbonyl (C=O) groups is 2. The Labute approximate surface area is 146 Å². The molecule has 1 saturated heterocycles. The number of urea groups is 1. The van der Waals surface area contributed by atoms with Crippen LogP contribution in [0.3, 0.4) is 0 Å². The van der Waals surface area contributed by atoms with Gasteiger partial charge in [-0.25, -0.2) is 4.79 Å². The van der Waals surface area contributed by atoms with Crippen LogP contribution in [0.4, 0.5) is 10.5 Å². The van der Waals surface area contributed by atoms with Crippen LogP contribution in [-0.4, -0.2) is 28.5 Å². The highest BCUT2D eigenvalue weighted by Gasteiger charge is 2.49. The van der Waals surface area contributed by atoms with Crippen LogP contribution in [-0.2, 0) is 4.79 Å². The molecule has 2 aliphatic rings. The van der Waals surface area contributed by atoms with Crippen molar-refractivity contribution < 1.29 is 9.59 Å². The topological polar surface area (TPSA) is 83.1 Å². The van der Waals surface area contributed by atoms with E-state index in [1.54, 1.807) is 0 Å². The van der Waals surface area contributed by atoms with Gasteiger partial charge >= 0.3 is 6.03 Å². The number of hydrogen-bond acceptors (Lipinski definition) is 3. The van der Waals surface area contributed by atoms with Gasteiger partial charge in [-0.05, 0) is 31.9 Å². The van der Waals surface area contributed by atoms with E-state index >= 15 is 0 Å². The summed E-state index contributed by atoms with van der Waals surface area (Å²) in [6.07, 6.45) is 4.23. The third kappa shape index (κ3) is 2.92. The number of carbonyl (C=O) groups excluding carboxylic acids is 2. The second-order valence-electron chi connectivity index (χ2n) is 7.11. The molecule has 4 rings (SSSR count). The van der Waals surface area contributed by atoms with E-state index in [1.807, 2.05) is 37.3 Å². The Morgan fingerprint density at radius 3 is 3.04 bits per heavy atom. The maximum atomic E-state index is 12.7. The molecule has 0 unspecified atom stereocenters. The number of benzene rings is 1. The van der Waals surface area contributed by atoms with Crippen molar-refractivity contribution >= 4 is 28.5 Å². The third-order valence-corrected chi connectivity index (χ3v) is 5.30. The Bertz CT molecular complexity index is 850. The lowest BCUT2D eigenvalue weighted by molar-refractivity contribution is -0.119. The number of pyridine rings is 1. The minimum atomic E-state index is -0.461. The SMILES string of the molecule is Cc1cc(NC(=O)N[C@@]23CCCC[C@@H]2NC(=O)C3)c2ccccc2n1. The summed E-state index contributed by atoms with van der Waals surface area (Å²) in [5, 5.41) is 9.99. The summed E-state index contributed by atoms with van der Waals surface area (Å²) in [4.78, 5) is 29.1. The molecule has 1 aromatic heterocycles. The number of para-hydroxylation sites is 1. The number of anilines is 1. The summed E-state index contributed by atoms with van der Waals surface area (Å²) < 4.78 is 0. The number of fused-ring (bicyclic) bond motifs is 2. The van der Waals surface area contributed by atoms with E-state index in [0.29, 0.717) is 6.42 Å². The molecule has 25 heavy (non-hydrogen) atoms. The van der Waals surface area contributed by atoms with Gasteiger partial charge in [0.15, 0.2) is 0 Å². The van der Waals surface area contributed by atoms with Crippen molar-refractivity contribution in [1.29, 1.82) is 0 Å². The zero-order chi connectivity index (χ0) is 17.4. The molecule has 1 saturated carbocycles. The number of hydrogen-bond donors (Lipinski definition) is 3. The molecule has 0 spiro atoms. The molecule has 1 aliphatic heterocycles. The molecule has 0 bridgehead atoms. The summed E-state index contributed by atoms with van der Waals surface area (Å²) in [6.45, 7) is 1.91. The van der Waals surface area contributed by atoms with Gasteiger partial charge in [-0.2, -0.15) is 0 Å². The molecular weight excluding hydrogens is 316 g/mol. The standard InChI is InChI=1S/C19H22N4O2/c1-12-10-15(13-6-2-3-7-14(13)20-12)21-18(25)23-19-9-5-4-8-16(19)22-17(24)11-19/h2-3,6-7,10,16H,4-5,8-9,11H2,1H3,(H,22,24)(H2,20,21,23,25)/t16-,19+/m0/s1. The predicted molar refractivity (Wildman–Crippen MR) is 96.4 cm³/mol. The van der Waals surface area contributed by atoms with Crippen LogP contribution in [0.15, 0.2) is 30.3 Å². The summed E-state index contributed by atoms with van der Waals surface area (Å²) in [5.74, 6) is 0.0254. The van der Waals surface area contributed by atoms with Gasteiger partial charge in [0.1, 0.15) is 0 Å². The van der Waals surface area contributed by atoms with Gasteiger partial charge in [0, 0.05) is 11.1 Å². The van der Waals surface area contributed by atoms with Crippen LogP contribution < -0.4 is 16.0 Å². The van der Waals surface area contributed by atoms with E-state index < -0.39 is 5.54 Å². The highest BCUT2D eigenvalue weighted by atomic mass is 16.2. The molecule has 3 amide bonds. The molecule has 2 fully saturated rings. The Hall–Kier alpha value is -2.63. The van der Waals surface area contributed by atoms with E-state index in [4.69, 9.17) is 0 Å². The van der Waals surface area contributed by atoms with Crippen molar-refractivity contribution in [2.24, 2.45) is 0 Å². The van der Waals surface area contributed by atoms with Crippen LogP contribution in [0.1, 0.15) is 37.8 Å². The Morgan fingerprint density at radius 2 is 2.16 bits per heavy atom. The van der Waals surface area contributed by atoms with Crippen LogP contribution in [0.25, 0.3) is 10.9 Å². The fourth-order valence-electron chi connectivity index (χ4n) is 4.18. The van der Waals surface area contributed by atoms with Gasteiger partial charge in [0.25, 0.3) is 0 Å². The molecule has 6 heteroatoms. The summed E-state index contributed by atoms with van der Waals surface area (Å²) >= 11 is 0.